The van der Waals surface area contributed by atoms with E-state index in [2.05, 4.69) is 9.97 Å². The quantitative estimate of drug-likeness (QED) is 0.365. The van der Waals surface area contributed by atoms with Crippen molar-refractivity contribution >= 4 is 27.5 Å². The van der Waals surface area contributed by atoms with E-state index >= 15 is 0 Å². The van der Waals surface area contributed by atoms with Crippen molar-refractivity contribution in [2.45, 2.75) is 26.0 Å². The first-order valence-electron chi connectivity index (χ1n) is 9.99. The van der Waals surface area contributed by atoms with Gasteiger partial charge in [-0.3, -0.25) is 9.69 Å². The number of methoxy groups -OCH3 is 2. The van der Waals surface area contributed by atoms with Crippen LogP contribution in [0.2, 0.25) is 0 Å². The van der Waals surface area contributed by atoms with Gasteiger partial charge in [-0.05, 0) is 24.5 Å². The minimum absolute atomic E-state index is 0.288. The SMILES string of the molecule is COCCCN(Cc1nc2sc(C(=O)OC)c(C)c2c(=O)[nH]1)C[C@H](O)c1ccccc1. The number of aryl methyl sites for hydroxylation is 1. The summed E-state index contributed by atoms with van der Waals surface area (Å²) in [6.07, 6.45) is 0.101. The minimum Gasteiger partial charge on any atom is -0.465 e. The summed E-state index contributed by atoms with van der Waals surface area (Å²) in [5.41, 5.74) is 1.11. The molecule has 3 rings (SSSR count). The van der Waals surface area contributed by atoms with Crippen LogP contribution in [-0.2, 0) is 16.0 Å². The molecule has 0 aliphatic rings. The molecule has 0 aliphatic heterocycles. The van der Waals surface area contributed by atoms with Gasteiger partial charge in [0.2, 0.25) is 0 Å². The van der Waals surface area contributed by atoms with E-state index in [0.29, 0.717) is 52.7 Å². The summed E-state index contributed by atoms with van der Waals surface area (Å²) in [6, 6.07) is 9.44. The average Bonchev–Trinajstić information content (AvgIpc) is 3.10. The molecule has 0 amide bonds. The predicted molar refractivity (Wildman–Crippen MR) is 119 cm³/mol. The molecule has 0 radical (unpaired) electrons. The first kappa shape index (κ1) is 23.1. The topological polar surface area (TPSA) is 105 Å². The normalized spacial score (nSPS) is 12.4. The van der Waals surface area contributed by atoms with Gasteiger partial charge in [0.15, 0.2) is 0 Å². The molecular formula is C22H27N3O5S. The Hall–Kier alpha value is -2.59. The van der Waals surface area contributed by atoms with Crippen LogP contribution in [-0.4, -0.2) is 59.9 Å². The molecule has 0 saturated heterocycles. The van der Waals surface area contributed by atoms with E-state index < -0.39 is 12.1 Å². The van der Waals surface area contributed by atoms with Crippen LogP contribution >= 0.6 is 11.3 Å². The van der Waals surface area contributed by atoms with Gasteiger partial charge in [0.25, 0.3) is 5.56 Å². The maximum atomic E-state index is 12.7. The Morgan fingerprint density at radius 1 is 1.29 bits per heavy atom. The van der Waals surface area contributed by atoms with Crippen LogP contribution in [0.15, 0.2) is 35.1 Å². The van der Waals surface area contributed by atoms with E-state index in [9.17, 15) is 14.7 Å². The number of H-pyrrole nitrogens is 1. The van der Waals surface area contributed by atoms with E-state index in [0.717, 1.165) is 23.3 Å². The summed E-state index contributed by atoms with van der Waals surface area (Å²) < 4.78 is 9.96. The first-order chi connectivity index (χ1) is 14.9. The van der Waals surface area contributed by atoms with E-state index in [1.165, 1.54) is 7.11 Å². The van der Waals surface area contributed by atoms with E-state index in [1.807, 2.05) is 35.2 Å². The first-order valence-corrected chi connectivity index (χ1v) is 10.8. The Labute approximate surface area is 184 Å². The summed E-state index contributed by atoms with van der Waals surface area (Å²) in [7, 11) is 2.96. The van der Waals surface area contributed by atoms with Crippen LogP contribution in [0.1, 0.15) is 39.1 Å². The van der Waals surface area contributed by atoms with Crippen LogP contribution in [0.3, 0.4) is 0 Å². The highest BCUT2D eigenvalue weighted by Crippen LogP contribution is 2.27. The van der Waals surface area contributed by atoms with Crippen LogP contribution in [0.25, 0.3) is 10.2 Å². The average molecular weight is 446 g/mol. The number of thiophene rings is 1. The number of aliphatic hydroxyl groups is 1. The number of hydrogen-bond donors (Lipinski definition) is 2. The van der Waals surface area contributed by atoms with E-state index in [4.69, 9.17) is 9.47 Å². The summed E-state index contributed by atoms with van der Waals surface area (Å²) >= 11 is 1.15. The molecule has 8 nitrogen and oxygen atoms in total. The molecule has 0 aliphatic carbocycles. The van der Waals surface area contributed by atoms with Crippen molar-refractivity contribution in [3.8, 4) is 0 Å². The Morgan fingerprint density at radius 2 is 2.03 bits per heavy atom. The zero-order valence-corrected chi connectivity index (χ0v) is 18.7. The third kappa shape index (κ3) is 5.56. The highest BCUT2D eigenvalue weighted by molar-refractivity contribution is 7.20. The molecule has 0 spiro atoms. The molecule has 31 heavy (non-hydrogen) atoms. The zero-order chi connectivity index (χ0) is 22.4. The van der Waals surface area contributed by atoms with Crippen molar-refractivity contribution in [3.63, 3.8) is 0 Å². The molecule has 0 bridgehead atoms. The third-order valence-corrected chi connectivity index (χ3v) is 6.20. The van der Waals surface area contributed by atoms with Gasteiger partial charge in [0.1, 0.15) is 15.5 Å². The summed E-state index contributed by atoms with van der Waals surface area (Å²) in [4.78, 5) is 35.0. The molecule has 2 N–H and O–H groups in total. The van der Waals surface area contributed by atoms with Gasteiger partial charge in [-0.2, -0.15) is 0 Å². The van der Waals surface area contributed by atoms with Gasteiger partial charge < -0.3 is 19.6 Å². The van der Waals surface area contributed by atoms with Crippen molar-refractivity contribution in [1.82, 2.24) is 14.9 Å². The standard InChI is InChI=1S/C22H27N3O5S/c1-14-18-20(27)23-17(24-21(18)31-19(14)22(28)30-3)13-25(10-7-11-29-2)12-16(26)15-8-5-4-6-9-15/h4-6,8-9,16,26H,7,10-13H2,1-3H3,(H,23,24,27)/t16-/m0/s1. The van der Waals surface area contributed by atoms with Crippen molar-refractivity contribution in [2.24, 2.45) is 0 Å². The summed E-state index contributed by atoms with van der Waals surface area (Å²) in [6.45, 7) is 3.70. The number of aromatic nitrogens is 2. The molecule has 2 heterocycles. The number of aromatic amines is 1. The number of carbonyl (C=O) groups excluding carboxylic acids is 1. The van der Waals surface area contributed by atoms with Crippen LogP contribution < -0.4 is 5.56 Å². The molecule has 3 aromatic rings. The van der Waals surface area contributed by atoms with Gasteiger partial charge in [-0.25, -0.2) is 9.78 Å². The van der Waals surface area contributed by atoms with E-state index in [-0.39, 0.29) is 5.56 Å². The van der Waals surface area contributed by atoms with Crippen LogP contribution in [0.4, 0.5) is 0 Å². The predicted octanol–water partition coefficient (Wildman–Crippen LogP) is 2.65. The number of hydrogen-bond acceptors (Lipinski definition) is 8. The molecule has 2 aromatic heterocycles. The maximum absolute atomic E-state index is 12.7. The van der Waals surface area contributed by atoms with Crippen LogP contribution in [0.5, 0.6) is 0 Å². The fraction of sp³-hybridized carbons (Fsp3) is 0.409. The Kier molecular flexibility index (Phi) is 7.91. The zero-order valence-electron chi connectivity index (χ0n) is 17.9. The smallest absolute Gasteiger partial charge is 0.348 e. The second-order valence-electron chi connectivity index (χ2n) is 7.25. The Bertz CT molecular complexity index is 1080. The number of nitrogens with zero attached hydrogens (tertiary/aromatic N) is 2. The lowest BCUT2D eigenvalue weighted by molar-refractivity contribution is 0.0605. The molecule has 0 unspecified atom stereocenters. The Balaban J connectivity index is 1.85. The summed E-state index contributed by atoms with van der Waals surface area (Å²) in [5.74, 6) is 0.00136. The minimum atomic E-state index is -0.672. The number of benzene rings is 1. The molecule has 1 atom stereocenters. The lowest BCUT2D eigenvalue weighted by Gasteiger charge is -2.24. The molecule has 0 fully saturated rings. The highest BCUT2D eigenvalue weighted by atomic mass is 32.1. The molecule has 166 valence electrons. The largest absolute Gasteiger partial charge is 0.465 e. The van der Waals surface area contributed by atoms with Crippen molar-refractivity contribution in [1.29, 1.82) is 0 Å². The fourth-order valence-electron chi connectivity index (χ4n) is 3.46. The van der Waals surface area contributed by atoms with Crippen LogP contribution in [0, 0.1) is 6.92 Å². The van der Waals surface area contributed by atoms with Gasteiger partial charge in [0.05, 0.1) is 25.1 Å². The monoisotopic (exact) mass is 445 g/mol. The van der Waals surface area contributed by atoms with Gasteiger partial charge in [0, 0.05) is 26.8 Å². The Morgan fingerprint density at radius 3 is 2.71 bits per heavy atom. The molecule has 9 heteroatoms. The molecule has 1 aromatic carbocycles. The number of aliphatic hydroxyl groups excluding tert-OH is 1. The second kappa shape index (κ2) is 10.6. The van der Waals surface area contributed by atoms with Crippen molar-refractivity contribution < 1.29 is 19.4 Å². The summed E-state index contributed by atoms with van der Waals surface area (Å²) in [5, 5.41) is 11.1. The number of ether oxygens (including phenoxy) is 2. The number of esters is 1. The van der Waals surface area contributed by atoms with Crippen molar-refractivity contribution in [3.05, 3.63) is 62.5 Å². The van der Waals surface area contributed by atoms with Gasteiger partial charge in [-0.15, -0.1) is 11.3 Å². The number of fused-ring (bicyclic) bond motifs is 1. The number of carbonyl (C=O) groups is 1. The number of rotatable bonds is 10. The van der Waals surface area contributed by atoms with Crippen molar-refractivity contribution in [2.75, 3.05) is 33.9 Å². The third-order valence-electron chi connectivity index (χ3n) is 5.03. The fourth-order valence-corrected chi connectivity index (χ4v) is 4.57. The maximum Gasteiger partial charge on any atom is 0.348 e. The lowest BCUT2D eigenvalue weighted by Crippen LogP contribution is -2.31. The number of nitrogens with one attached hydrogen (secondary N) is 1. The van der Waals surface area contributed by atoms with Gasteiger partial charge >= 0.3 is 5.97 Å². The van der Waals surface area contributed by atoms with E-state index in [1.54, 1.807) is 14.0 Å². The molecule has 0 saturated carbocycles. The molecular weight excluding hydrogens is 418 g/mol. The highest BCUT2D eigenvalue weighted by Gasteiger charge is 2.21. The van der Waals surface area contributed by atoms with Gasteiger partial charge in [-0.1, -0.05) is 30.3 Å². The second-order valence-corrected chi connectivity index (χ2v) is 8.25. The lowest BCUT2D eigenvalue weighted by atomic mass is 10.1.